The zero-order valence-corrected chi connectivity index (χ0v) is 10.6. The van der Waals surface area contributed by atoms with Crippen LogP contribution in [-0.4, -0.2) is 38.7 Å². The van der Waals surface area contributed by atoms with Gasteiger partial charge >= 0.3 is 0 Å². The van der Waals surface area contributed by atoms with E-state index in [2.05, 4.69) is 0 Å². The Morgan fingerprint density at radius 1 is 1.29 bits per heavy atom. The average Bonchev–Trinajstić information content (AvgIpc) is 3.03. The number of benzene rings is 1. The van der Waals surface area contributed by atoms with Gasteiger partial charge in [0.25, 0.3) is 0 Å². The first-order chi connectivity index (χ1) is 7.99. The van der Waals surface area contributed by atoms with Crippen LogP contribution in [0.3, 0.4) is 0 Å². The second kappa shape index (κ2) is 4.31. The Bertz CT molecular complexity index is 492. The molecule has 1 aliphatic carbocycles. The van der Waals surface area contributed by atoms with E-state index in [4.69, 9.17) is 4.74 Å². The van der Waals surface area contributed by atoms with Gasteiger partial charge < -0.3 is 9.84 Å². The molecule has 17 heavy (non-hydrogen) atoms. The minimum Gasteiger partial charge on any atom is -0.497 e. The van der Waals surface area contributed by atoms with Gasteiger partial charge in [0.05, 0.1) is 12.4 Å². The van der Waals surface area contributed by atoms with Crippen LogP contribution in [0.1, 0.15) is 11.5 Å². The molecule has 1 fully saturated rings. The predicted molar refractivity (Wildman–Crippen MR) is 64.9 cm³/mol. The van der Waals surface area contributed by atoms with Gasteiger partial charge in [-0.1, -0.05) is 12.1 Å². The molecule has 1 aliphatic rings. The van der Waals surface area contributed by atoms with E-state index in [1.165, 1.54) is 6.26 Å². The van der Waals surface area contributed by atoms with Crippen molar-refractivity contribution >= 4 is 9.84 Å². The zero-order valence-electron chi connectivity index (χ0n) is 9.83. The van der Waals surface area contributed by atoms with Gasteiger partial charge in [-0.3, -0.25) is 0 Å². The minimum atomic E-state index is -3.10. The van der Waals surface area contributed by atoms with Crippen molar-refractivity contribution in [2.75, 3.05) is 20.0 Å². The average molecular weight is 256 g/mol. The molecule has 0 radical (unpaired) electrons. The summed E-state index contributed by atoms with van der Waals surface area (Å²) in [5.74, 6) is 0.491. The Labute approximate surface area is 101 Å². The molecule has 94 valence electrons. The molecule has 0 unspecified atom stereocenters. The number of methoxy groups -OCH3 is 1. The van der Waals surface area contributed by atoms with E-state index in [0.717, 1.165) is 11.3 Å². The van der Waals surface area contributed by atoms with Crippen LogP contribution < -0.4 is 4.74 Å². The number of rotatable bonds is 4. The van der Waals surface area contributed by atoms with Crippen molar-refractivity contribution in [3.63, 3.8) is 0 Å². The molecule has 1 N–H and O–H groups in total. The molecule has 0 amide bonds. The largest absolute Gasteiger partial charge is 0.497 e. The van der Waals surface area contributed by atoms with E-state index >= 15 is 0 Å². The molecule has 1 aromatic carbocycles. The van der Waals surface area contributed by atoms with Crippen molar-refractivity contribution in [2.24, 2.45) is 5.92 Å². The van der Waals surface area contributed by atoms with Gasteiger partial charge in [-0.15, -0.1) is 0 Å². The number of hydrogen-bond donors (Lipinski definition) is 1. The SMILES string of the molecule is COc1ccc([C@@H]2[C@H](CO)[C@H]2S(C)(=O)=O)cc1. The molecular formula is C12H16O4S. The fraction of sp³-hybridized carbons (Fsp3) is 0.500. The van der Waals surface area contributed by atoms with Crippen LogP contribution in [0.4, 0.5) is 0 Å². The second-order valence-electron chi connectivity index (χ2n) is 4.44. The summed E-state index contributed by atoms with van der Waals surface area (Å²) in [6.45, 7) is -0.0889. The molecule has 0 bridgehead atoms. The van der Waals surface area contributed by atoms with Gasteiger partial charge in [0.15, 0.2) is 9.84 Å². The fourth-order valence-electron chi connectivity index (χ4n) is 2.41. The smallest absolute Gasteiger partial charge is 0.151 e. The summed E-state index contributed by atoms with van der Waals surface area (Å²) < 4.78 is 28.1. The normalized spacial score (nSPS) is 27.8. The van der Waals surface area contributed by atoms with Gasteiger partial charge in [-0.2, -0.15) is 0 Å². The molecule has 3 atom stereocenters. The van der Waals surface area contributed by atoms with Crippen LogP contribution in [0.5, 0.6) is 5.75 Å². The number of hydrogen-bond acceptors (Lipinski definition) is 4. The van der Waals surface area contributed by atoms with Crippen LogP contribution in [0.25, 0.3) is 0 Å². The van der Waals surface area contributed by atoms with E-state index in [1.807, 2.05) is 12.1 Å². The first kappa shape index (κ1) is 12.4. The lowest BCUT2D eigenvalue weighted by atomic mass is 10.1. The lowest BCUT2D eigenvalue weighted by Crippen LogP contribution is -2.08. The molecule has 0 saturated heterocycles. The molecule has 4 nitrogen and oxygen atoms in total. The van der Waals surface area contributed by atoms with Crippen LogP contribution in [-0.2, 0) is 9.84 Å². The summed E-state index contributed by atoms with van der Waals surface area (Å²) in [4.78, 5) is 0. The first-order valence-corrected chi connectivity index (χ1v) is 7.38. The third-order valence-corrected chi connectivity index (χ3v) is 4.93. The van der Waals surface area contributed by atoms with E-state index in [-0.39, 0.29) is 18.4 Å². The molecule has 0 heterocycles. The van der Waals surface area contributed by atoms with Crippen LogP contribution >= 0.6 is 0 Å². The van der Waals surface area contributed by atoms with Gasteiger partial charge in [-0.25, -0.2) is 8.42 Å². The quantitative estimate of drug-likeness (QED) is 0.866. The maximum absolute atomic E-state index is 11.5. The number of aliphatic hydroxyl groups excluding tert-OH is 1. The van der Waals surface area contributed by atoms with Gasteiger partial charge in [0, 0.05) is 24.7 Å². The number of sulfone groups is 1. The Kier molecular flexibility index (Phi) is 3.14. The van der Waals surface area contributed by atoms with Crippen molar-refractivity contribution in [3.8, 4) is 5.75 Å². The monoisotopic (exact) mass is 256 g/mol. The predicted octanol–water partition coefficient (Wildman–Crippen LogP) is 0.814. The first-order valence-electron chi connectivity index (χ1n) is 5.42. The van der Waals surface area contributed by atoms with E-state index in [0.29, 0.717) is 0 Å². The van der Waals surface area contributed by atoms with Crippen LogP contribution in [0, 0.1) is 5.92 Å². The molecule has 1 aromatic rings. The standard InChI is InChI=1S/C12H16O4S/c1-16-9-5-3-8(4-6-9)11-10(7-13)12(11)17(2,14)15/h3-6,10-13H,7H2,1-2H3/t10-,11+,12+/m0/s1. The second-order valence-corrected chi connectivity index (χ2v) is 6.64. The Hall–Kier alpha value is -1.07. The number of aliphatic hydroxyl groups is 1. The highest BCUT2D eigenvalue weighted by molar-refractivity contribution is 7.91. The van der Waals surface area contributed by atoms with E-state index < -0.39 is 15.1 Å². The molecule has 1 saturated carbocycles. The molecule has 2 rings (SSSR count). The summed E-state index contributed by atoms with van der Waals surface area (Å²) in [7, 11) is -1.51. The van der Waals surface area contributed by atoms with Crippen molar-refractivity contribution in [2.45, 2.75) is 11.2 Å². The molecule has 0 spiro atoms. The summed E-state index contributed by atoms with van der Waals surface area (Å²) in [6.07, 6.45) is 1.23. The highest BCUT2D eigenvalue weighted by Crippen LogP contribution is 2.51. The summed E-state index contributed by atoms with van der Waals surface area (Å²) in [6, 6.07) is 7.33. The van der Waals surface area contributed by atoms with Crippen LogP contribution in [0.2, 0.25) is 0 Å². The van der Waals surface area contributed by atoms with Gasteiger partial charge in [-0.05, 0) is 17.7 Å². The summed E-state index contributed by atoms with van der Waals surface area (Å²) in [5.41, 5.74) is 0.945. The highest BCUT2D eigenvalue weighted by atomic mass is 32.2. The van der Waals surface area contributed by atoms with Gasteiger partial charge in [0.1, 0.15) is 5.75 Å². The molecule has 5 heteroatoms. The Balaban J connectivity index is 2.23. The summed E-state index contributed by atoms with van der Waals surface area (Å²) >= 11 is 0. The maximum atomic E-state index is 11.5. The zero-order chi connectivity index (χ0) is 12.6. The highest BCUT2D eigenvalue weighted by Gasteiger charge is 2.56. The molecule has 0 aliphatic heterocycles. The third-order valence-electron chi connectivity index (χ3n) is 3.30. The van der Waals surface area contributed by atoms with Crippen LogP contribution in [0.15, 0.2) is 24.3 Å². The fourth-order valence-corrected chi connectivity index (χ4v) is 4.10. The minimum absolute atomic E-state index is 0.0825. The topological polar surface area (TPSA) is 63.6 Å². The number of ether oxygens (including phenoxy) is 1. The van der Waals surface area contributed by atoms with Crippen molar-refractivity contribution in [3.05, 3.63) is 29.8 Å². The lowest BCUT2D eigenvalue weighted by molar-refractivity contribution is 0.274. The Morgan fingerprint density at radius 2 is 1.88 bits per heavy atom. The summed E-state index contributed by atoms with van der Waals surface area (Å²) in [5, 5.41) is 8.74. The van der Waals surface area contributed by atoms with Crippen molar-refractivity contribution in [1.82, 2.24) is 0 Å². The van der Waals surface area contributed by atoms with Crippen molar-refractivity contribution in [1.29, 1.82) is 0 Å². The molecular weight excluding hydrogens is 240 g/mol. The van der Waals surface area contributed by atoms with E-state index in [9.17, 15) is 13.5 Å². The Morgan fingerprint density at radius 3 is 2.24 bits per heavy atom. The third kappa shape index (κ3) is 2.30. The molecule has 0 aromatic heterocycles. The van der Waals surface area contributed by atoms with Crippen molar-refractivity contribution < 1.29 is 18.3 Å². The van der Waals surface area contributed by atoms with E-state index in [1.54, 1.807) is 19.2 Å². The van der Waals surface area contributed by atoms with Gasteiger partial charge in [0.2, 0.25) is 0 Å². The lowest BCUT2D eigenvalue weighted by Gasteiger charge is -2.02. The maximum Gasteiger partial charge on any atom is 0.151 e.